The zero-order valence-corrected chi connectivity index (χ0v) is 10.1. The van der Waals surface area contributed by atoms with E-state index in [1.54, 1.807) is 0 Å². The van der Waals surface area contributed by atoms with Gasteiger partial charge in [0.1, 0.15) is 0 Å². The second-order valence-electron chi connectivity index (χ2n) is 3.72. The predicted octanol–water partition coefficient (Wildman–Crippen LogP) is 2.77. The van der Waals surface area contributed by atoms with Gasteiger partial charge in [0.05, 0.1) is 12.2 Å². The lowest BCUT2D eigenvalue weighted by molar-refractivity contribution is -0.0175. The third-order valence-electron chi connectivity index (χ3n) is 2.24. The molecule has 0 aromatic carbocycles. The first kappa shape index (κ1) is 12.0. The van der Waals surface area contributed by atoms with Crippen molar-refractivity contribution >= 4 is 15.9 Å². The summed E-state index contributed by atoms with van der Waals surface area (Å²) in [5.41, 5.74) is 1.21. The molecule has 0 saturated carbocycles. The van der Waals surface area contributed by atoms with Crippen LogP contribution in [0.3, 0.4) is 0 Å². The van der Waals surface area contributed by atoms with E-state index >= 15 is 0 Å². The summed E-state index contributed by atoms with van der Waals surface area (Å²) in [6, 6.07) is 0. The first-order chi connectivity index (χ1) is 6.61. The summed E-state index contributed by atoms with van der Waals surface area (Å²) in [4.78, 5) is 0. The quantitative estimate of drug-likeness (QED) is 0.791. The average molecular weight is 261 g/mol. The van der Waals surface area contributed by atoms with Gasteiger partial charge in [0.25, 0.3) is 0 Å². The van der Waals surface area contributed by atoms with Crippen LogP contribution in [0.4, 0.5) is 0 Å². The highest BCUT2D eigenvalue weighted by Crippen LogP contribution is 2.26. The van der Waals surface area contributed by atoms with Crippen LogP contribution in [0, 0.1) is 0 Å². The van der Waals surface area contributed by atoms with E-state index in [0.29, 0.717) is 6.42 Å². The zero-order valence-electron chi connectivity index (χ0n) is 8.50. The number of hydrogen-bond acceptors (Lipinski definition) is 2. The molecule has 0 aliphatic carbocycles. The summed E-state index contributed by atoms with van der Waals surface area (Å²) in [6.07, 6.45) is 4.78. The Morgan fingerprint density at radius 3 is 3.00 bits per heavy atom. The number of allylic oxidation sites excluding steroid dienone is 1. The van der Waals surface area contributed by atoms with Gasteiger partial charge in [-0.1, -0.05) is 28.1 Å². The van der Waals surface area contributed by atoms with E-state index in [4.69, 9.17) is 9.84 Å². The molecule has 1 fully saturated rings. The molecule has 1 saturated heterocycles. The molecule has 1 rings (SSSR count). The molecule has 2 nitrogen and oxygen atoms in total. The minimum atomic E-state index is 0.118. The van der Waals surface area contributed by atoms with Gasteiger partial charge in [0, 0.05) is 6.61 Å². The second kappa shape index (κ2) is 5.69. The highest BCUT2D eigenvalue weighted by atomic mass is 79.9. The summed E-state index contributed by atoms with van der Waals surface area (Å²) >= 11 is 3.39. The molecule has 0 spiro atoms. The summed E-state index contributed by atoms with van der Waals surface area (Å²) in [7, 11) is 0. The van der Waals surface area contributed by atoms with Gasteiger partial charge >= 0.3 is 0 Å². The fraction of sp³-hybridized carbons (Fsp3) is 0.636. The van der Waals surface area contributed by atoms with Crippen LogP contribution in [0.1, 0.15) is 26.2 Å². The van der Waals surface area contributed by atoms with E-state index in [9.17, 15) is 0 Å². The lowest BCUT2D eigenvalue weighted by atomic mass is 9.97. The van der Waals surface area contributed by atoms with Gasteiger partial charge in [-0.25, -0.2) is 0 Å². The molecule has 1 N–H and O–H groups in total. The molecule has 0 bridgehead atoms. The van der Waals surface area contributed by atoms with Crippen LogP contribution >= 0.6 is 15.9 Å². The summed E-state index contributed by atoms with van der Waals surface area (Å²) in [5.74, 6) is 0. The molecule has 0 aromatic rings. The van der Waals surface area contributed by atoms with Gasteiger partial charge in [-0.2, -0.15) is 0 Å². The molecule has 0 unspecified atom stereocenters. The Kier molecular flexibility index (Phi) is 4.85. The topological polar surface area (TPSA) is 29.5 Å². The zero-order chi connectivity index (χ0) is 10.6. The molecule has 0 aromatic heterocycles. The van der Waals surface area contributed by atoms with E-state index in [2.05, 4.69) is 28.6 Å². The standard InChI is InChI=1S/C11H17BrO2/c1-8-5-10(3-4-13)14-11(6-8)7-9(2)12/h7,10-11,13H,1,3-6H2,2H3/b9-7+/t10-,11-/m0/s1. The Bertz CT molecular complexity index is 231. The maximum atomic E-state index is 8.84. The molecule has 1 heterocycles. The van der Waals surface area contributed by atoms with Crippen molar-refractivity contribution in [3.63, 3.8) is 0 Å². The third kappa shape index (κ3) is 3.95. The molecule has 14 heavy (non-hydrogen) atoms. The number of ether oxygens (including phenoxy) is 1. The average Bonchev–Trinajstić information content (AvgIpc) is 2.01. The monoisotopic (exact) mass is 260 g/mol. The fourth-order valence-corrected chi connectivity index (χ4v) is 2.00. The molecular formula is C11H17BrO2. The fourth-order valence-electron chi connectivity index (χ4n) is 1.70. The Labute approximate surface area is 93.8 Å². The molecule has 0 amide bonds. The van der Waals surface area contributed by atoms with Gasteiger partial charge in [-0.15, -0.1) is 0 Å². The number of aliphatic hydroxyl groups is 1. The van der Waals surface area contributed by atoms with Crippen LogP contribution in [0.25, 0.3) is 0 Å². The van der Waals surface area contributed by atoms with Gasteiger partial charge in [0.15, 0.2) is 0 Å². The van der Waals surface area contributed by atoms with Gasteiger partial charge < -0.3 is 9.84 Å². The molecular weight excluding hydrogens is 244 g/mol. The largest absolute Gasteiger partial charge is 0.396 e. The second-order valence-corrected chi connectivity index (χ2v) is 4.97. The number of rotatable bonds is 3. The van der Waals surface area contributed by atoms with E-state index in [1.807, 2.05) is 6.92 Å². The van der Waals surface area contributed by atoms with Crippen molar-refractivity contribution in [1.29, 1.82) is 0 Å². The van der Waals surface area contributed by atoms with Crippen molar-refractivity contribution < 1.29 is 9.84 Å². The molecule has 3 heteroatoms. The number of aliphatic hydroxyl groups excluding tert-OH is 1. The van der Waals surface area contributed by atoms with E-state index in [-0.39, 0.29) is 18.8 Å². The SMILES string of the molecule is C=C1C[C@H](CCO)O[C@H](/C=C(\C)Br)C1. The van der Waals surface area contributed by atoms with Crippen LogP contribution in [0.2, 0.25) is 0 Å². The Morgan fingerprint density at radius 1 is 1.71 bits per heavy atom. The van der Waals surface area contributed by atoms with E-state index < -0.39 is 0 Å². The minimum Gasteiger partial charge on any atom is -0.396 e. The van der Waals surface area contributed by atoms with Crippen LogP contribution in [-0.4, -0.2) is 23.9 Å². The maximum Gasteiger partial charge on any atom is 0.0807 e. The highest BCUT2D eigenvalue weighted by molar-refractivity contribution is 9.11. The predicted molar refractivity (Wildman–Crippen MR) is 61.4 cm³/mol. The Morgan fingerprint density at radius 2 is 2.43 bits per heavy atom. The minimum absolute atomic E-state index is 0.118. The van der Waals surface area contributed by atoms with Gasteiger partial charge in [0.2, 0.25) is 0 Å². The van der Waals surface area contributed by atoms with Gasteiger partial charge in [-0.3, -0.25) is 0 Å². The van der Waals surface area contributed by atoms with Crippen LogP contribution in [0.5, 0.6) is 0 Å². The van der Waals surface area contributed by atoms with Crippen molar-refractivity contribution in [2.45, 2.75) is 38.4 Å². The lowest BCUT2D eigenvalue weighted by Crippen LogP contribution is -2.28. The first-order valence-corrected chi connectivity index (χ1v) is 5.68. The van der Waals surface area contributed by atoms with Crippen molar-refractivity contribution in [3.8, 4) is 0 Å². The van der Waals surface area contributed by atoms with Crippen molar-refractivity contribution in [2.24, 2.45) is 0 Å². The summed E-state index contributed by atoms with van der Waals surface area (Å²) < 4.78 is 6.86. The van der Waals surface area contributed by atoms with Crippen LogP contribution < -0.4 is 0 Å². The molecule has 80 valence electrons. The van der Waals surface area contributed by atoms with Crippen molar-refractivity contribution in [2.75, 3.05) is 6.61 Å². The highest BCUT2D eigenvalue weighted by Gasteiger charge is 2.22. The Hall–Kier alpha value is -0.120. The van der Waals surface area contributed by atoms with E-state index in [0.717, 1.165) is 17.3 Å². The smallest absolute Gasteiger partial charge is 0.0807 e. The third-order valence-corrected chi connectivity index (χ3v) is 2.50. The first-order valence-electron chi connectivity index (χ1n) is 4.88. The molecule has 2 atom stereocenters. The number of halogens is 1. The molecule has 1 aliphatic rings. The summed E-state index contributed by atoms with van der Waals surface area (Å²) in [6.45, 7) is 6.17. The number of hydrogen-bond donors (Lipinski definition) is 1. The summed E-state index contributed by atoms with van der Waals surface area (Å²) in [5, 5.41) is 8.84. The van der Waals surface area contributed by atoms with Crippen molar-refractivity contribution in [1.82, 2.24) is 0 Å². The Balaban J connectivity index is 2.54. The maximum absolute atomic E-state index is 8.84. The van der Waals surface area contributed by atoms with Crippen LogP contribution in [0.15, 0.2) is 22.7 Å². The van der Waals surface area contributed by atoms with E-state index in [1.165, 1.54) is 5.57 Å². The van der Waals surface area contributed by atoms with Gasteiger partial charge in [-0.05, 0) is 36.7 Å². The molecule has 0 radical (unpaired) electrons. The van der Waals surface area contributed by atoms with Crippen molar-refractivity contribution in [3.05, 3.63) is 22.7 Å². The molecule has 1 aliphatic heterocycles. The van der Waals surface area contributed by atoms with Crippen LogP contribution in [-0.2, 0) is 4.74 Å². The lowest BCUT2D eigenvalue weighted by Gasteiger charge is -2.29. The normalized spacial score (nSPS) is 29.4.